The van der Waals surface area contributed by atoms with Crippen LogP contribution < -0.4 is 5.73 Å². The molecular weight excluding hydrogens is 381 g/mol. The molecule has 0 atom stereocenters. The minimum atomic E-state index is -1.01. The second-order valence-corrected chi connectivity index (χ2v) is 7.41. The highest BCUT2D eigenvalue weighted by Gasteiger charge is 2.26. The first-order valence-electron chi connectivity index (χ1n) is 9.94. The number of imidazole rings is 1. The summed E-state index contributed by atoms with van der Waals surface area (Å²) >= 11 is 0. The summed E-state index contributed by atoms with van der Waals surface area (Å²) in [5, 5.41) is 10.6. The van der Waals surface area contributed by atoms with Gasteiger partial charge in [0.05, 0.1) is 6.54 Å². The summed E-state index contributed by atoms with van der Waals surface area (Å²) in [5.74, 6) is 12.2. The molecule has 1 fully saturated rings. The Morgan fingerprint density at radius 3 is 2.73 bits per heavy atom. The van der Waals surface area contributed by atoms with E-state index in [0.29, 0.717) is 41.9 Å². The summed E-state index contributed by atoms with van der Waals surface area (Å²) in [6.07, 6.45) is 4.30. The van der Waals surface area contributed by atoms with Gasteiger partial charge in [-0.2, -0.15) is 0 Å². The number of nitrogens with zero attached hydrogens (tertiary/aromatic N) is 4. The fourth-order valence-electron chi connectivity index (χ4n) is 3.67. The quantitative estimate of drug-likeness (QED) is 0.641. The van der Waals surface area contributed by atoms with E-state index in [1.54, 1.807) is 23.6 Å². The van der Waals surface area contributed by atoms with Crippen LogP contribution in [0.3, 0.4) is 0 Å². The fourth-order valence-corrected chi connectivity index (χ4v) is 3.67. The zero-order chi connectivity index (χ0) is 21.1. The van der Waals surface area contributed by atoms with Crippen molar-refractivity contribution in [1.82, 2.24) is 19.5 Å². The van der Waals surface area contributed by atoms with E-state index in [9.17, 15) is 9.50 Å². The van der Waals surface area contributed by atoms with Crippen LogP contribution in [-0.4, -0.2) is 30.2 Å². The lowest BCUT2D eigenvalue weighted by atomic mass is 9.85. The van der Waals surface area contributed by atoms with E-state index in [1.807, 2.05) is 0 Å². The normalized spacial score (nSPS) is 15.2. The van der Waals surface area contributed by atoms with Gasteiger partial charge in [-0.25, -0.2) is 19.3 Å². The van der Waals surface area contributed by atoms with Gasteiger partial charge < -0.3 is 10.8 Å². The zero-order valence-electron chi connectivity index (χ0n) is 16.7. The third-order valence-electron chi connectivity index (χ3n) is 5.21. The number of halogens is 1. The molecule has 0 spiro atoms. The number of rotatable bonds is 2. The van der Waals surface area contributed by atoms with Crippen LogP contribution in [0.15, 0.2) is 24.3 Å². The van der Waals surface area contributed by atoms with Crippen molar-refractivity contribution in [2.24, 2.45) is 0 Å². The van der Waals surface area contributed by atoms with E-state index in [1.165, 1.54) is 12.1 Å². The van der Waals surface area contributed by atoms with Gasteiger partial charge in [0.15, 0.2) is 17.0 Å². The number of hydrogen-bond donors (Lipinski definition) is 2. The molecule has 30 heavy (non-hydrogen) atoms. The van der Waals surface area contributed by atoms with Gasteiger partial charge in [0.1, 0.15) is 17.2 Å². The first kappa shape index (κ1) is 19.9. The van der Waals surface area contributed by atoms with Gasteiger partial charge in [-0.05, 0) is 50.7 Å². The Balaban J connectivity index is 1.84. The maximum Gasteiger partial charge on any atom is 0.209 e. The van der Waals surface area contributed by atoms with Crippen molar-refractivity contribution in [2.75, 3.05) is 5.73 Å². The van der Waals surface area contributed by atoms with E-state index in [0.717, 1.165) is 19.3 Å². The fraction of sp³-hybridized carbons (Fsp3) is 0.348. The van der Waals surface area contributed by atoms with Crippen LogP contribution in [0.2, 0.25) is 0 Å². The summed E-state index contributed by atoms with van der Waals surface area (Å²) in [6.45, 7) is 2.05. The average molecular weight is 403 g/mol. The van der Waals surface area contributed by atoms with Gasteiger partial charge in [0.2, 0.25) is 5.82 Å². The Hall–Kier alpha value is -3.42. The van der Waals surface area contributed by atoms with E-state index < -0.39 is 5.60 Å². The molecule has 0 radical (unpaired) electrons. The highest BCUT2D eigenvalue weighted by Crippen LogP contribution is 2.28. The predicted octanol–water partition coefficient (Wildman–Crippen LogP) is 3.28. The number of fused-ring (bicyclic) bond motifs is 1. The lowest BCUT2D eigenvalue weighted by Crippen LogP contribution is -2.29. The molecule has 0 aliphatic heterocycles. The standard InChI is InChI=1S/C23H22FN5O/c1-2-3-14-29-21(16-8-7-9-17(24)15-16)28-19-20(25)26-18(27-22(19)29)10-13-23(30)11-5-4-6-12-23/h7-9,15,30H,4-6,11-12,14H2,1H3,(H2,25,26,27). The topological polar surface area (TPSA) is 89.9 Å². The predicted molar refractivity (Wildman–Crippen MR) is 113 cm³/mol. The molecule has 2 heterocycles. The molecule has 4 rings (SSSR count). The van der Waals surface area contributed by atoms with Crippen LogP contribution in [0.4, 0.5) is 10.2 Å². The van der Waals surface area contributed by atoms with Crippen LogP contribution in [0.5, 0.6) is 0 Å². The Bertz CT molecular complexity index is 1220. The Morgan fingerprint density at radius 2 is 2.00 bits per heavy atom. The number of nitrogen functional groups attached to an aromatic ring is 1. The maximum absolute atomic E-state index is 13.8. The molecule has 1 aliphatic rings. The first-order valence-corrected chi connectivity index (χ1v) is 9.94. The zero-order valence-corrected chi connectivity index (χ0v) is 16.7. The SMILES string of the molecule is CC#CCn1c(-c2cccc(F)c2)nc2c(N)nc(C#CC3(O)CCCCC3)nc21. The molecule has 0 bridgehead atoms. The van der Waals surface area contributed by atoms with Gasteiger partial charge in [0.25, 0.3) is 0 Å². The van der Waals surface area contributed by atoms with Crippen molar-refractivity contribution in [2.45, 2.75) is 51.2 Å². The van der Waals surface area contributed by atoms with Crippen molar-refractivity contribution >= 4 is 17.0 Å². The van der Waals surface area contributed by atoms with Crippen LogP contribution in [0.1, 0.15) is 44.9 Å². The highest BCUT2D eigenvalue weighted by molar-refractivity contribution is 5.86. The van der Waals surface area contributed by atoms with Crippen molar-refractivity contribution in [3.05, 3.63) is 35.9 Å². The van der Waals surface area contributed by atoms with Gasteiger partial charge in [0, 0.05) is 5.56 Å². The van der Waals surface area contributed by atoms with E-state index >= 15 is 0 Å². The molecule has 1 saturated carbocycles. The molecule has 1 aliphatic carbocycles. The molecule has 3 N–H and O–H groups in total. The third kappa shape index (κ3) is 3.98. The lowest BCUT2D eigenvalue weighted by molar-refractivity contribution is 0.0610. The Labute approximate surface area is 174 Å². The number of aromatic nitrogens is 4. The summed E-state index contributed by atoms with van der Waals surface area (Å²) in [4.78, 5) is 13.4. The van der Waals surface area contributed by atoms with Crippen molar-refractivity contribution in [3.63, 3.8) is 0 Å². The van der Waals surface area contributed by atoms with Gasteiger partial charge >= 0.3 is 0 Å². The minimum Gasteiger partial charge on any atom is -0.382 e. The van der Waals surface area contributed by atoms with Crippen LogP contribution in [0.25, 0.3) is 22.6 Å². The first-order chi connectivity index (χ1) is 14.5. The number of aliphatic hydroxyl groups is 1. The highest BCUT2D eigenvalue weighted by atomic mass is 19.1. The molecule has 152 valence electrons. The van der Waals surface area contributed by atoms with Gasteiger partial charge in [-0.1, -0.05) is 30.4 Å². The smallest absolute Gasteiger partial charge is 0.209 e. The molecule has 0 unspecified atom stereocenters. The lowest BCUT2D eigenvalue weighted by Gasteiger charge is -2.26. The second kappa shape index (κ2) is 8.14. The molecular formula is C23H22FN5O. The van der Waals surface area contributed by atoms with Gasteiger partial charge in [-0.15, -0.1) is 5.92 Å². The third-order valence-corrected chi connectivity index (χ3v) is 5.21. The molecule has 2 aromatic heterocycles. The number of nitrogens with two attached hydrogens (primary N) is 1. The van der Waals surface area contributed by atoms with Crippen molar-refractivity contribution < 1.29 is 9.50 Å². The van der Waals surface area contributed by atoms with Crippen molar-refractivity contribution in [3.8, 4) is 35.1 Å². The summed E-state index contributed by atoms with van der Waals surface area (Å²) in [6, 6.07) is 6.17. The monoisotopic (exact) mass is 403 g/mol. The van der Waals surface area contributed by atoms with Crippen LogP contribution in [0, 0.1) is 29.5 Å². The van der Waals surface area contributed by atoms with E-state index in [2.05, 4.69) is 38.6 Å². The number of hydrogen-bond acceptors (Lipinski definition) is 5. The van der Waals surface area contributed by atoms with E-state index in [-0.39, 0.29) is 17.5 Å². The Kier molecular flexibility index (Phi) is 5.39. The van der Waals surface area contributed by atoms with Crippen LogP contribution >= 0.6 is 0 Å². The maximum atomic E-state index is 13.8. The molecule has 0 amide bonds. The van der Waals surface area contributed by atoms with Crippen molar-refractivity contribution in [1.29, 1.82) is 0 Å². The molecule has 6 nitrogen and oxygen atoms in total. The molecule has 1 aromatic carbocycles. The summed E-state index contributed by atoms with van der Waals surface area (Å²) in [7, 11) is 0. The molecule has 3 aromatic rings. The van der Waals surface area contributed by atoms with E-state index in [4.69, 9.17) is 5.73 Å². The number of benzene rings is 1. The summed E-state index contributed by atoms with van der Waals surface area (Å²) < 4.78 is 15.6. The second-order valence-electron chi connectivity index (χ2n) is 7.41. The largest absolute Gasteiger partial charge is 0.382 e. The minimum absolute atomic E-state index is 0.181. The van der Waals surface area contributed by atoms with Crippen LogP contribution in [-0.2, 0) is 6.54 Å². The molecule has 7 heteroatoms. The van der Waals surface area contributed by atoms with Gasteiger partial charge in [-0.3, -0.25) is 4.57 Å². The number of anilines is 1. The summed E-state index contributed by atoms with van der Waals surface area (Å²) in [5.41, 5.74) is 6.62. The average Bonchev–Trinajstić information content (AvgIpc) is 3.10. The Morgan fingerprint density at radius 1 is 1.20 bits per heavy atom. The molecule has 0 saturated heterocycles.